The maximum absolute atomic E-state index is 13.1. The fraction of sp³-hybridized carbons (Fsp3) is 0.364. The van der Waals surface area contributed by atoms with Crippen molar-refractivity contribution >= 4 is 5.91 Å². The summed E-state index contributed by atoms with van der Waals surface area (Å²) in [5.41, 5.74) is 2.59. The van der Waals surface area contributed by atoms with Gasteiger partial charge in [0.15, 0.2) is 0 Å². The molecule has 2 atom stereocenters. The average Bonchev–Trinajstić information content (AvgIpc) is 3.36. The third-order valence-corrected chi connectivity index (χ3v) is 5.49. The number of nitrogens with one attached hydrogen (secondary N) is 1. The van der Waals surface area contributed by atoms with Gasteiger partial charge >= 0.3 is 0 Å². The zero-order chi connectivity index (χ0) is 17.1. The monoisotopic (exact) mass is 388 g/mol. The molecule has 1 amide bonds. The Morgan fingerprint density at radius 1 is 1.04 bits per heavy atom. The molecule has 2 aromatic rings. The van der Waals surface area contributed by atoms with Gasteiger partial charge in [-0.3, -0.25) is 4.79 Å². The smallest absolute Gasteiger partial charge is 0.237 e. The third kappa shape index (κ3) is 3.88. The normalized spacial score (nSPS) is 22.4. The van der Waals surface area contributed by atoms with Gasteiger partial charge in [0.1, 0.15) is 0 Å². The molecular weight excluding hydrogens is 363 g/mol. The summed E-state index contributed by atoms with van der Waals surface area (Å²) >= 11 is 0. The molecule has 0 aliphatic carbocycles. The molecule has 1 N–H and O–H groups in total. The van der Waals surface area contributed by atoms with Crippen molar-refractivity contribution in [3.63, 3.8) is 0 Å². The number of nitrogens with zero attached hydrogens (tertiary/aromatic N) is 1. The Labute approximate surface area is 166 Å². The van der Waals surface area contributed by atoms with E-state index >= 15 is 0 Å². The van der Waals surface area contributed by atoms with Gasteiger partial charge in [-0.2, -0.15) is 6.42 Å². The van der Waals surface area contributed by atoms with Crippen LogP contribution in [0.25, 0.3) is 0 Å². The van der Waals surface area contributed by atoms with E-state index in [1.807, 2.05) is 0 Å². The number of carbonyl (C=O) groups excluding carboxylic acids is 1. The fourth-order valence-electron chi connectivity index (χ4n) is 4.32. The van der Waals surface area contributed by atoms with Gasteiger partial charge in [0.25, 0.3) is 0 Å². The number of hydrogen-bond donors (Lipinski definition) is 1. The first kappa shape index (κ1) is 19.2. The number of hydrogen-bond acceptors (Lipinski definition) is 2. The second-order valence-electron chi connectivity index (χ2n) is 7.03. The number of likely N-dealkylation sites (tertiary alicyclic amines) is 1. The summed E-state index contributed by atoms with van der Waals surface area (Å²) in [5, 5.41) is 3.33. The fourth-order valence-corrected chi connectivity index (χ4v) is 4.32. The Morgan fingerprint density at radius 3 is 2.19 bits per heavy atom. The van der Waals surface area contributed by atoms with E-state index in [1.165, 1.54) is 11.1 Å². The van der Waals surface area contributed by atoms with E-state index < -0.39 is 0 Å². The van der Waals surface area contributed by atoms with Crippen molar-refractivity contribution in [1.29, 1.82) is 0 Å². The number of rotatable bonds is 4. The van der Waals surface area contributed by atoms with Crippen molar-refractivity contribution < 1.29 is 21.9 Å². The van der Waals surface area contributed by atoms with Crippen LogP contribution in [0.4, 0.5) is 0 Å². The van der Waals surface area contributed by atoms with Crippen molar-refractivity contribution in [1.82, 2.24) is 10.2 Å². The van der Waals surface area contributed by atoms with Crippen LogP contribution in [0.15, 0.2) is 60.7 Å². The summed E-state index contributed by atoms with van der Waals surface area (Å²) in [4.78, 5) is 15.2. The van der Waals surface area contributed by atoms with Crippen molar-refractivity contribution in [3.8, 4) is 0 Å². The summed E-state index contributed by atoms with van der Waals surface area (Å²) in [7, 11) is 0. The summed E-state index contributed by atoms with van der Waals surface area (Å²) in [6.07, 6.45) is 5.17. The molecule has 137 valence electrons. The molecule has 2 aliphatic rings. The molecule has 0 saturated carbocycles. The second-order valence-corrected chi connectivity index (χ2v) is 7.03. The van der Waals surface area contributed by atoms with Gasteiger partial charge in [-0.1, -0.05) is 60.7 Å². The SMILES string of the molecule is O=C([C@@H]1C[CH-]CN1)N1CCC[C@H]1C(c1ccccc1)c1ccccc1.[Mn]. The van der Waals surface area contributed by atoms with Gasteiger partial charge in [-0.15, -0.1) is 6.54 Å². The zero-order valence-corrected chi connectivity index (χ0v) is 16.0. The van der Waals surface area contributed by atoms with E-state index in [4.69, 9.17) is 0 Å². The van der Waals surface area contributed by atoms with Crippen LogP contribution in [0.5, 0.6) is 0 Å². The number of amides is 1. The van der Waals surface area contributed by atoms with Crippen molar-refractivity contribution in [2.75, 3.05) is 13.1 Å². The van der Waals surface area contributed by atoms with Gasteiger partial charge in [0.2, 0.25) is 5.91 Å². The average molecular weight is 388 g/mol. The molecule has 2 fully saturated rings. The van der Waals surface area contributed by atoms with Crippen LogP contribution in [0.3, 0.4) is 0 Å². The summed E-state index contributed by atoms with van der Waals surface area (Å²) in [5.74, 6) is 0.507. The van der Waals surface area contributed by atoms with Crippen LogP contribution >= 0.6 is 0 Å². The Hall–Kier alpha value is -1.61. The minimum Gasteiger partial charge on any atom is -0.338 e. The van der Waals surface area contributed by atoms with Gasteiger partial charge in [0.05, 0.1) is 6.04 Å². The zero-order valence-electron chi connectivity index (χ0n) is 14.9. The van der Waals surface area contributed by atoms with Crippen molar-refractivity contribution in [3.05, 3.63) is 78.2 Å². The van der Waals surface area contributed by atoms with E-state index in [2.05, 4.69) is 77.3 Å². The molecule has 0 unspecified atom stereocenters. The standard InChI is InChI=1S/C22H25N2O.Mn/c25-22(19-13-7-15-23-19)24-16-8-14-20(24)21(17-9-3-1-4-10-17)18-11-5-2-6-12-18;/h1-7,9-12,19-21,23H,8,13-16H2;/q-1;/t19-,20-;/m0./s1. The molecule has 0 spiro atoms. The van der Waals surface area contributed by atoms with Crippen LogP contribution in [0.2, 0.25) is 0 Å². The molecule has 1 radical (unpaired) electrons. The van der Waals surface area contributed by atoms with Crippen LogP contribution in [-0.2, 0) is 21.9 Å². The molecule has 3 nitrogen and oxygen atoms in total. The first-order valence-corrected chi connectivity index (χ1v) is 9.30. The molecule has 0 aromatic heterocycles. The van der Waals surface area contributed by atoms with Crippen LogP contribution in [0, 0.1) is 6.42 Å². The molecule has 2 saturated heterocycles. The molecule has 2 heterocycles. The largest absolute Gasteiger partial charge is 0.338 e. The van der Waals surface area contributed by atoms with Gasteiger partial charge in [-0.05, 0) is 24.0 Å². The van der Waals surface area contributed by atoms with E-state index in [9.17, 15) is 4.79 Å². The van der Waals surface area contributed by atoms with Gasteiger partial charge in [-0.25, -0.2) is 0 Å². The van der Waals surface area contributed by atoms with E-state index in [0.29, 0.717) is 0 Å². The molecular formula is C22H25MnN2O-. The van der Waals surface area contributed by atoms with E-state index in [-0.39, 0.29) is 41.0 Å². The van der Waals surface area contributed by atoms with Gasteiger partial charge < -0.3 is 16.6 Å². The van der Waals surface area contributed by atoms with E-state index in [1.54, 1.807) is 0 Å². The predicted molar refractivity (Wildman–Crippen MR) is 100 cm³/mol. The molecule has 26 heavy (non-hydrogen) atoms. The second kappa shape index (κ2) is 8.85. The summed E-state index contributed by atoms with van der Waals surface area (Å²) in [6, 6.07) is 21.5. The number of carbonyl (C=O) groups is 1. The molecule has 2 aliphatic heterocycles. The topological polar surface area (TPSA) is 32.3 Å². The third-order valence-electron chi connectivity index (χ3n) is 5.49. The van der Waals surface area contributed by atoms with Crippen LogP contribution in [-0.4, -0.2) is 36.0 Å². The first-order chi connectivity index (χ1) is 12.3. The predicted octanol–water partition coefficient (Wildman–Crippen LogP) is 3.37. The van der Waals surface area contributed by atoms with E-state index in [0.717, 1.165) is 32.4 Å². The molecule has 0 bridgehead atoms. The molecule has 4 rings (SSSR count). The quantitative estimate of drug-likeness (QED) is 0.644. The molecule has 2 aromatic carbocycles. The van der Waals surface area contributed by atoms with Crippen LogP contribution in [0.1, 0.15) is 36.3 Å². The van der Waals surface area contributed by atoms with Crippen molar-refractivity contribution in [2.24, 2.45) is 0 Å². The summed E-state index contributed by atoms with van der Waals surface area (Å²) < 4.78 is 0. The van der Waals surface area contributed by atoms with Gasteiger partial charge in [0, 0.05) is 35.6 Å². The minimum absolute atomic E-state index is 0. The Balaban J connectivity index is 0.00000196. The Bertz CT molecular complexity index is 661. The summed E-state index contributed by atoms with van der Waals surface area (Å²) in [6.45, 7) is 1.72. The molecule has 4 heteroatoms. The first-order valence-electron chi connectivity index (χ1n) is 9.30. The number of benzene rings is 2. The Kier molecular flexibility index (Phi) is 6.52. The maximum Gasteiger partial charge on any atom is 0.237 e. The maximum atomic E-state index is 13.1. The van der Waals surface area contributed by atoms with Crippen LogP contribution < -0.4 is 5.32 Å². The Morgan fingerprint density at radius 2 is 1.65 bits per heavy atom. The minimum atomic E-state index is -0.0344. The van der Waals surface area contributed by atoms with Crippen molar-refractivity contribution in [2.45, 2.75) is 37.3 Å².